The van der Waals surface area contributed by atoms with E-state index in [-0.39, 0.29) is 0 Å². The lowest BCUT2D eigenvalue weighted by molar-refractivity contribution is 0.669. The van der Waals surface area contributed by atoms with E-state index in [1.807, 2.05) is 78.9 Å². The lowest BCUT2D eigenvalue weighted by atomic mass is 9.98. The van der Waals surface area contributed by atoms with E-state index in [1.165, 1.54) is 0 Å². The summed E-state index contributed by atoms with van der Waals surface area (Å²) in [6, 6.07) is 42.8. The predicted molar refractivity (Wildman–Crippen MR) is 164 cm³/mol. The Hall–Kier alpha value is -5.68. The smallest absolute Gasteiger partial charge is 0.166 e. The van der Waals surface area contributed by atoms with Gasteiger partial charge in [0.2, 0.25) is 0 Å². The number of furan rings is 1. The number of para-hydroxylation sites is 2. The molecule has 0 unspecified atom stereocenters. The first-order valence-corrected chi connectivity index (χ1v) is 13.5. The van der Waals surface area contributed by atoms with E-state index < -0.39 is 0 Å². The average molecular weight is 527 g/mol. The second-order valence-electron chi connectivity index (χ2n) is 9.91. The third-order valence-electron chi connectivity index (χ3n) is 7.40. The summed E-state index contributed by atoms with van der Waals surface area (Å²) in [5.74, 6) is 1.83. The van der Waals surface area contributed by atoms with Gasteiger partial charge >= 0.3 is 0 Å². The molecule has 0 aliphatic rings. The Bertz CT molecular complexity index is 2200. The zero-order valence-corrected chi connectivity index (χ0v) is 21.9. The SMILES string of the molecule is c1ccc(-c2nc(-c3ccc(-c4cccc5oc6ccccc6c45)cc3)nc(-c3cccc4cccnc34)n2)cc1. The molecule has 5 heteroatoms. The molecule has 0 saturated heterocycles. The summed E-state index contributed by atoms with van der Waals surface area (Å²) in [5.41, 5.74) is 7.57. The molecule has 5 nitrogen and oxygen atoms in total. The Kier molecular flexibility index (Phi) is 5.38. The summed E-state index contributed by atoms with van der Waals surface area (Å²) in [5, 5.41) is 3.27. The highest BCUT2D eigenvalue weighted by atomic mass is 16.3. The summed E-state index contributed by atoms with van der Waals surface area (Å²) >= 11 is 0. The van der Waals surface area contributed by atoms with Crippen LogP contribution in [0.4, 0.5) is 0 Å². The van der Waals surface area contributed by atoms with Crippen LogP contribution in [0, 0.1) is 0 Å². The molecule has 192 valence electrons. The third kappa shape index (κ3) is 4.03. The van der Waals surface area contributed by atoms with Crippen LogP contribution in [0.25, 0.3) is 78.1 Å². The molecular formula is C36H22N4O. The predicted octanol–water partition coefficient (Wildman–Crippen LogP) is 8.99. The van der Waals surface area contributed by atoms with Gasteiger partial charge in [0.1, 0.15) is 11.2 Å². The highest BCUT2D eigenvalue weighted by molar-refractivity contribution is 6.12. The minimum absolute atomic E-state index is 0.594. The summed E-state index contributed by atoms with van der Waals surface area (Å²) in [7, 11) is 0. The van der Waals surface area contributed by atoms with Gasteiger partial charge in [0.25, 0.3) is 0 Å². The van der Waals surface area contributed by atoms with Gasteiger partial charge in [-0.15, -0.1) is 0 Å². The number of aromatic nitrogens is 4. The molecule has 3 heterocycles. The normalized spacial score (nSPS) is 11.4. The van der Waals surface area contributed by atoms with Gasteiger partial charge in [-0.2, -0.15) is 0 Å². The van der Waals surface area contributed by atoms with Crippen molar-refractivity contribution < 1.29 is 4.42 Å². The van der Waals surface area contributed by atoms with Crippen LogP contribution in [0.3, 0.4) is 0 Å². The quantitative estimate of drug-likeness (QED) is 0.229. The van der Waals surface area contributed by atoms with E-state index in [2.05, 4.69) is 53.5 Å². The number of rotatable bonds is 4. The lowest BCUT2D eigenvalue weighted by Gasteiger charge is -2.10. The molecule has 8 rings (SSSR count). The molecular weight excluding hydrogens is 504 g/mol. The highest BCUT2D eigenvalue weighted by Gasteiger charge is 2.16. The van der Waals surface area contributed by atoms with Gasteiger partial charge in [0.15, 0.2) is 17.5 Å². The van der Waals surface area contributed by atoms with Crippen LogP contribution >= 0.6 is 0 Å². The number of hydrogen-bond acceptors (Lipinski definition) is 5. The number of pyridine rings is 1. The Labute approximate surface area is 235 Å². The number of hydrogen-bond donors (Lipinski definition) is 0. The average Bonchev–Trinajstić information content (AvgIpc) is 3.44. The zero-order chi connectivity index (χ0) is 27.2. The van der Waals surface area contributed by atoms with E-state index in [1.54, 1.807) is 6.20 Å². The zero-order valence-electron chi connectivity index (χ0n) is 21.9. The molecule has 3 aromatic heterocycles. The van der Waals surface area contributed by atoms with Crippen molar-refractivity contribution in [1.29, 1.82) is 0 Å². The second-order valence-corrected chi connectivity index (χ2v) is 9.91. The van der Waals surface area contributed by atoms with E-state index in [0.717, 1.165) is 60.7 Å². The molecule has 0 N–H and O–H groups in total. The second kappa shape index (κ2) is 9.50. The molecule has 0 aliphatic heterocycles. The summed E-state index contributed by atoms with van der Waals surface area (Å²) in [6.45, 7) is 0. The topological polar surface area (TPSA) is 64.7 Å². The molecule has 41 heavy (non-hydrogen) atoms. The minimum atomic E-state index is 0.594. The van der Waals surface area contributed by atoms with Crippen molar-refractivity contribution in [2.24, 2.45) is 0 Å². The van der Waals surface area contributed by atoms with Crippen LogP contribution < -0.4 is 0 Å². The van der Waals surface area contributed by atoms with Crippen LogP contribution in [0.15, 0.2) is 138 Å². The maximum absolute atomic E-state index is 6.12. The Morgan fingerprint density at radius 3 is 1.93 bits per heavy atom. The van der Waals surface area contributed by atoms with Crippen molar-refractivity contribution in [2.45, 2.75) is 0 Å². The van der Waals surface area contributed by atoms with Crippen LogP contribution in [0.5, 0.6) is 0 Å². The summed E-state index contributed by atoms with van der Waals surface area (Å²) < 4.78 is 6.12. The summed E-state index contributed by atoms with van der Waals surface area (Å²) in [4.78, 5) is 19.4. The molecule has 0 amide bonds. The van der Waals surface area contributed by atoms with Gasteiger partial charge in [-0.1, -0.05) is 103 Å². The van der Waals surface area contributed by atoms with E-state index in [0.29, 0.717) is 17.5 Å². The standard InChI is InChI=1S/C36H22N4O/c1-2-9-25(10-3-1)34-38-35(40-36(39-34)29-15-6-11-24-12-8-22-37-33(24)29)26-20-18-23(19-21-26)27-14-7-17-31-32(27)28-13-4-5-16-30(28)41-31/h1-22H. The molecule has 0 atom stereocenters. The van der Waals surface area contributed by atoms with Gasteiger partial charge in [0.05, 0.1) is 5.52 Å². The number of nitrogens with zero attached hydrogens (tertiary/aromatic N) is 4. The molecule has 0 bridgehead atoms. The van der Waals surface area contributed by atoms with E-state index in [9.17, 15) is 0 Å². The van der Waals surface area contributed by atoms with Crippen LogP contribution in [-0.2, 0) is 0 Å². The van der Waals surface area contributed by atoms with Crippen molar-refractivity contribution >= 4 is 32.8 Å². The van der Waals surface area contributed by atoms with Crippen molar-refractivity contribution in [2.75, 3.05) is 0 Å². The van der Waals surface area contributed by atoms with Gasteiger partial charge in [-0.05, 0) is 35.4 Å². The minimum Gasteiger partial charge on any atom is -0.456 e. The maximum Gasteiger partial charge on any atom is 0.166 e. The first kappa shape index (κ1) is 23.2. The van der Waals surface area contributed by atoms with Crippen molar-refractivity contribution in [3.63, 3.8) is 0 Å². The van der Waals surface area contributed by atoms with Gasteiger partial charge < -0.3 is 4.42 Å². The van der Waals surface area contributed by atoms with Gasteiger partial charge in [0, 0.05) is 39.0 Å². The van der Waals surface area contributed by atoms with E-state index in [4.69, 9.17) is 19.4 Å². The highest BCUT2D eigenvalue weighted by Crippen LogP contribution is 2.37. The van der Waals surface area contributed by atoms with Crippen LogP contribution in [0.1, 0.15) is 0 Å². The van der Waals surface area contributed by atoms with Crippen molar-refractivity contribution in [3.05, 3.63) is 134 Å². The Morgan fingerprint density at radius 1 is 0.439 bits per heavy atom. The molecule has 0 spiro atoms. The maximum atomic E-state index is 6.12. The monoisotopic (exact) mass is 526 g/mol. The molecule has 0 saturated carbocycles. The Balaban J connectivity index is 1.27. The van der Waals surface area contributed by atoms with E-state index >= 15 is 0 Å². The molecule has 0 radical (unpaired) electrons. The molecule has 0 fully saturated rings. The first-order chi connectivity index (χ1) is 20.3. The fourth-order valence-corrected chi connectivity index (χ4v) is 5.44. The van der Waals surface area contributed by atoms with Crippen molar-refractivity contribution in [1.82, 2.24) is 19.9 Å². The first-order valence-electron chi connectivity index (χ1n) is 13.5. The fraction of sp³-hybridized carbons (Fsp3) is 0. The van der Waals surface area contributed by atoms with Crippen LogP contribution in [-0.4, -0.2) is 19.9 Å². The number of benzene rings is 5. The fourth-order valence-electron chi connectivity index (χ4n) is 5.44. The molecule has 8 aromatic rings. The van der Waals surface area contributed by atoms with Gasteiger partial charge in [-0.25, -0.2) is 15.0 Å². The van der Waals surface area contributed by atoms with Crippen molar-refractivity contribution in [3.8, 4) is 45.3 Å². The summed E-state index contributed by atoms with van der Waals surface area (Å²) in [6.07, 6.45) is 1.80. The Morgan fingerprint density at radius 2 is 1.07 bits per heavy atom. The molecule has 0 aliphatic carbocycles. The lowest BCUT2D eigenvalue weighted by Crippen LogP contribution is -2.00. The number of fused-ring (bicyclic) bond motifs is 4. The largest absolute Gasteiger partial charge is 0.456 e. The third-order valence-corrected chi connectivity index (χ3v) is 7.40. The van der Waals surface area contributed by atoms with Gasteiger partial charge in [-0.3, -0.25) is 4.98 Å². The van der Waals surface area contributed by atoms with Crippen LogP contribution in [0.2, 0.25) is 0 Å². The molecule has 5 aromatic carbocycles.